The molecule has 0 radical (unpaired) electrons. The highest BCUT2D eigenvalue weighted by molar-refractivity contribution is 4.71. The molecule has 0 aromatic rings. The van der Waals surface area contributed by atoms with Gasteiger partial charge in [-0.2, -0.15) is 0 Å². The molecule has 3 heteroatoms. The van der Waals surface area contributed by atoms with Crippen molar-refractivity contribution < 1.29 is 4.74 Å². The maximum absolute atomic E-state index is 5.26. The van der Waals surface area contributed by atoms with Gasteiger partial charge in [0.05, 0.1) is 6.10 Å². The van der Waals surface area contributed by atoms with Gasteiger partial charge in [-0.1, -0.05) is 0 Å². The summed E-state index contributed by atoms with van der Waals surface area (Å²) in [4.78, 5) is 2.39. The van der Waals surface area contributed by atoms with Crippen LogP contribution in [0.3, 0.4) is 0 Å². The summed E-state index contributed by atoms with van der Waals surface area (Å²) >= 11 is 0. The van der Waals surface area contributed by atoms with Crippen LogP contribution in [0.2, 0.25) is 0 Å². The number of nitrogens with one attached hydrogen (secondary N) is 1. The second-order valence-electron chi connectivity index (χ2n) is 4.46. The Balaban J connectivity index is 2.14. The first-order valence-electron chi connectivity index (χ1n) is 5.64. The van der Waals surface area contributed by atoms with E-state index in [0.29, 0.717) is 6.10 Å². The first-order valence-corrected chi connectivity index (χ1v) is 5.64. The number of hydrogen-bond donors (Lipinski definition) is 1. The van der Waals surface area contributed by atoms with E-state index in [-0.39, 0.29) is 0 Å². The van der Waals surface area contributed by atoms with Crippen LogP contribution < -0.4 is 5.32 Å². The zero-order valence-electron chi connectivity index (χ0n) is 9.75. The van der Waals surface area contributed by atoms with Crippen LogP contribution in [0.15, 0.2) is 0 Å². The summed E-state index contributed by atoms with van der Waals surface area (Å²) < 4.78 is 5.26. The third kappa shape index (κ3) is 4.40. The second kappa shape index (κ2) is 6.38. The third-order valence-corrected chi connectivity index (χ3v) is 3.00. The highest BCUT2D eigenvalue weighted by atomic mass is 16.5. The lowest BCUT2D eigenvalue weighted by molar-refractivity contribution is 0.0787. The molecule has 0 aliphatic carbocycles. The van der Waals surface area contributed by atoms with Gasteiger partial charge in [0.1, 0.15) is 0 Å². The lowest BCUT2D eigenvalue weighted by Gasteiger charge is -2.28. The van der Waals surface area contributed by atoms with Gasteiger partial charge in [0.2, 0.25) is 0 Å². The lowest BCUT2D eigenvalue weighted by atomic mass is 9.98. The van der Waals surface area contributed by atoms with Gasteiger partial charge in [0, 0.05) is 20.2 Å². The number of methoxy groups -OCH3 is 1. The summed E-state index contributed by atoms with van der Waals surface area (Å²) in [6.45, 7) is 6.77. The third-order valence-electron chi connectivity index (χ3n) is 3.00. The van der Waals surface area contributed by atoms with Crippen LogP contribution in [-0.2, 0) is 4.74 Å². The maximum Gasteiger partial charge on any atom is 0.0669 e. The van der Waals surface area contributed by atoms with Gasteiger partial charge in [-0.15, -0.1) is 0 Å². The molecule has 0 aromatic carbocycles. The van der Waals surface area contributed by atoms with Crippen molar-refractivity contribution in [1.29, 1.82) is 0 Å². The summed E-state index contributed by atoms with van der Waals surface area (Å²) in [5.41, 5.74) is 0. The van der Waals surface area contributed by atoms with Crippen molar-refractivity contribution in [3.63, 3.8) is 0 Å². The number of rotatable bonds is 5. The van der Waals surface area contributed by atoms with Gasteiger partial charge in [0.25, 0.3) is 0 Å². The molecule has 1 heterocycles. The van der Waals surface area contributed by atoms with Gasteiger partial charge in [-0.05, 0) is 45.8 Å². The average Bonchev–Trinajstić information content (AvgIpc) is 2.19. The molecule has 0 bridgehead atoms. The van der Waals surface area contributed by atoms with Crippen LogP contribution in [0, 0.1) is 5.92 Å². The molecule has 84 valence electrons. The van der Waals surface area contributed by atoms with Crippen LogP contribution in [0.5, 0.6) is 0 Å². The molecule has 1 N–H and O–H groups in total. The van der Waals surface area contributed by atoms with Gasteiger partial charge in [-0.3, -0.25) is 0 Å². The van der Waals surface area contributed by atoms with Crippen molar-refractivity contribution in [2.24, 2.45) is 5.92 Å². The fourth-order valence-electron chi connectivity index (χ4n) is 2.09. The molecule has 1 atom stereocenters. The van der Waals surface area contributed by atoms with Crippen molar-refractivity contribution in [3.8, 4) is 0 Å². The number of piperidine rings is 1. The summed E-state index contributed by atoms with van der Waals surface area (Å²) in [5.74, 6) is 0.880. The van der Waals surface area contributed by atoms with Crippen molar-refractivity contribution >= 4 is 0 Å². The van der Waals surface area contributed by atoms with Gasteiger partial charge < -0.3 is 15.0 Å². The Hall–Kier alpha value is -0.120. The second-order valence-corrected chi connectivity index (χ2v) is 4.46. The van der Waals surface area contributed by atoms with E-state index >= 15 is 0 Å². The molecule has 14 heavy (non-hydrogen) atoms. The van der Waals surface area contributed by atoms with E-state index in [1.165, 1.54) is 32.5 Å². The van der Waals surface area contributed by atoms with E-state index < -0.39 is 0 Å². The number of likely N-dealkylation sites (N-methyl/N-ethyl adjacent to an activating group) is 1. The maximum atomic E-state index is 5.26. The fraction of sp³-hybridized carbons (Fsp3) is 1.00. The topological polar surface area (TPSA) is 24.5 Å². The molecule has 1 fully saturated rings. The first kappa shape index (κ1) is 12.0. The zero-order chi connectivity index (χ0) is 10.4. The summed E-state index contributed by atoms with van der Waals surface area (Å²) in [5, 5.41) is 3.40. The highest BCUT2D eigenvalue weighted by Gasteiger charge is 2.15. The first-order chi connectivity index (χ1) is 6.72. The van der Waals surface area contributed by atoms with Gasteiger partial charge in [-0.25, -0.2) is 0 Å². The monoisotopic (exact) mass is 200 g/mol. The smallest absolute Gasteiger partial charge is 0.0669 e. The highest BCUT2D eigenvalue weighted by Crippen LogP contribution is 2.12. The molecule has 0 saturated carbocycles. The normalized spacial score (nSPS) is 21.4. The molecule has 0 aromatic heterocycles. The molecule has 1 aliphatic rings. The summed E-state index contributed by atoms with van der Waals surface area (Å²) in [6.07, 6.45) is 3.00. The Morgan fingerprint density at radius 1 is 1.43 bits per heavy atom. The number of ether oxygens (including phenoxy) is 1. The average molecular weight is 200 g/mol. The lowest BCUT2D eigenvalue weighted by Crippen LogP contribution is -2.37. The fourth-order valence-corrected chi connectivity index (χ4v) is 2.09. The van der Waals surface area contributed by atoms with Crippen LogP contribution >= 0.6 is 0 Å². The van der Waals surface area contributed by atoms with E-state index in [0.717, 1.165) is 12.5 Å². The standard InChI is InChI=1S/C11H24N2O/c1-10(14-3)8-13(2)9-11-4-6-12-7-5-11/h10-12H,4-9H2,1-3H3. The van der Waals surface area contributed by atoms with Crippen molar-refractivity contribution in [1.82, 2.24) is 10.2 Å². The van der Waals surface area contributed by atoms with Crippen molar-refractivity contribution in [2.45, 2.75) is 25.9 Å². The molecule has 0 spiro atoms. The van der Waals surface area contributed by atoms with Crippen LogP contribution in [0.1, 0.15) is 19.8 Å². The Morgan fingerprint density at radius 3 is 2.64 bits per heavy atom. The minimum atomic E-state index is 0.349. The summed E-state index contributed by atoms with van der Waals surface area (Å²) in [6, 6.07) is 0. The largest absolute Gasteiger partial charge is 0.380 e. The predicted octanol–water partition coefficient (Wildman–Crippen LogP) is 0.953. The molecule has 3 nitrogen and oxygen atoms in total. The number of nitrogens with zero attached hydrogens (tertiary/aromatic N) is 1. The van der Waals surface area contributed by atoms with E-state index in [9.17, 15) is 0 Å². The molecule has 0 amide bonds. The van der Waals surface area contributed by atoms with Crippen LogP contribution in [0.4, 0.5) is 0 Å². The SMILES string of the molecule is COC(C)CN(C)CC1CCNCC1. The Labute approximate surface area is 87.8 Å². The van der Waals surface area contributed by atoms with Crippen molar-refractivity contribution in [3.05, 3.63) is 0 Å². The zero-order valence-corrected chi connectivity index (χ0v) is 9.75. The quantitative estimate of drug-likeness (QED) is 0.715. The molecule has 1 saturated heterocycles. The summed E-state index contributed by atoms with van der Waals surface area (Å²) in [7, 11) is 3.97. The minimum absolute atomic E-state index is 0.349. The van der Waals surface area contributed by atoms with Crippen molar-refractivity contribution in [2.75, 3.05) is 40.3 Å². The molecular formula is C11H24N2O. The van der Waals surface area contributed by atoms with E-state index in [4.69, 9.17) is 4.74 Å². The molecule has 1 aliphatic heterocycles. The molecule has 1 rings (SSSR count). The van der Waals surface area contributed by atoms with Gasteiger partial charge in [0.15, 0.2) is 0 Å². The predicted molar refractivity (Wildman–Crippen MR) is 59.6 cm³/mol. The Morgan fingerprint density at radius 2 is 2.07 bits per heavy atom. The van der Waals surface area contributed by atoms with E-state index in [2.05, 4.69) is 24.2 Å². The Bertz CT molecular complexity index is 146. The Kier molecular flexibility index (Phi) is 5.45. The molecule has 1 unspecified atom stereocenters. The van der Waals surface area contributed by atoms with E-state index in [1.54, 1.807) is 7.11 Å². The van der Waals surface area contributed by atoms with Crippen LogP contribution in [0.25, 0.3) is 0 Å². The van der Waals surface area contributed by atoms with Crippen LogP contribution in [-0.4, -0.2) is 51.3 Å². The van der Waals surface area contributed by atoms with E-state index in [1.807, 2.05) is 0 Å². The van der Waals surface area contributed by atoms with Gasteiger partial charge >= 0.3 is 0 Å². The minimum Gasteiger partial charge on any atom is -0.380 e. The number of hydrogen-bond acceptors (Lipinski definition) is 3. The molecular weight excluding hydrogens is 176 g/mol.